The molecule has 0 bridgehead atoms. The highest BCUT2D eigenvalue weighted by Crippen LogP contribution is 2.32. The second kappa shape index (κ2) is 10.2. The summed E-state index contributed by atoms with van der Waals surface area (Å²) in [6, 6.07) is 12.8. The number of aliphatic carboxylic acids is 1. The first-order valence-electron chi connectivity index (χ1n) is 11.1. The minimum Gasteiger partial charge on any atom is -0.480 e. The molecule has 2 amide bonds. The fourth-order valence-electron chi connectivity index (χ4n) is 4.07. The average Bonchev–Trinajstić information content (AvgIpc) is 3.46. The number of anilines is 1. The topological polar surface area (TPSA) is 122 Å². The van der Waals surface area contributed by atoms with Crippen molar-refractivity contribution in [2.75, 3.05) is 11.9 Å². The molecule has 0 aliphatic carbocycles. The summed E-state index contributed by atoms with van der Waals surface area (Å²) >= 11 is 6.18. The van der Waals surface area contributed by atoms with Crippen LogP contribution in [0.3, 0.4) is 0 Å². The number of rotatable bonds is 6. The van der Waals surface area contributed by atoms with E-state index in [9.17, 15) is 19.5 Å². The van der Waals surface area contributed by atoms with Crippen LogP contribution in [0, 0.1) is 6.92 Å². The highest BCUT2D eigenvalue weighted by atomic mass is 35.5. The van der Waals surface area contributed by atoms with Crippen LogP contribution in [0.15, 0.2) is 53.1 Å². The Hall–Kier alpha value is -3.85. The van der Waals surface area contributed by atoms with Crippen molar-refractivity contribution in [3.05, 3.63) is 70.4 Å². The zero-order chi connectivity index (χ0) is 25.1. The molecule has 2 N–H and O–H groups in total. The fraction of sp³-hybridized carbons (Fsp3) is 0.280. The minimum atomic E-state index is -1.00. The van der Waals surface area contributed by atoms with Crippen molar-refractivity contribution in [1.29, 1.82) is 0 Å². The first-order chi connectivity index (χ1) is 16.8. The lowest BCUT2D eigenvalue weighted by molar-refractivity contribution is -0.141. The number of hydrogen-bond acceptors (Lipinski definition) is 6. The van der Waals surface area contributed by atoms with Gasteiger partial charge in [-0.25, -0.2) is 9.59 Å². The number of halogens is 1. The largest absolute Gasteiger partial charge is 0.480 e. The van der Waals surface area contributed by atoms with Gasteiger partial charge in [0.05, 0.1) is 0 Å². The Morgan fingerprint density at radius 2 is 1.91 bits per heavy atom. The Labute approximate surface area is 206 Å². The molecule has 2 heterocycles. The normalized spacial score (nSPS) is 16.1. The summed E-state index contributed by atoms with van der Waals surface area (Å²) < 4.78 is 10.9. The molecule has 35 heavy (non-hydrogen) atoms. The van der Waals surface area contributed by atoms with Crippen LogP contribution in [-0.2, 0) is 9.53 Å². The zero-order valence-corrected chi connectivity index (χ0v) is 19.9. The minimum absolute atomic E-state index is 0.299. The summed E-state index contributed by atoms with van der Waals surface area (Å²) in [6.07, 6.45) is -0.196. The maximum atomic E-state index is 12.8. The number of aromatic nitrogens is 1. The molecule has 0 spiro atoms. The molecule has 1 saturated heterocycles. The lowest BCUT2D eigenvalue weighted by Crippen LogP contribution is -2.40. The van der Waals surface area contributed by atoms with E-state index in [2.05, 4.69) is 10.5 Å². The van der Waals surface area contributed by atoms with Crippen molar-refractivity contribution in [2.24, 2.45) is 0 Å². The van der Waals surface area contributed by atoms with Gasteiger partial charge in [0.25, 0.3) is 5.91 Å². The molecule has 10 heteroatoms. The third-order valence-electron chi connectivity index (χ3n) is 5.91. The Morgan fingerprint density at radius 3 is 2.60 bits per heavy atom. The van der Waals surface area contributed by atoms with E-state index in [4.69, 9.17) is 20.9 Å². The van der Waals surface area contributed by atoms with E-state index in [1.807, 2.05) is 0 Å². The Bertz CT molecular complexity index is 1260. The second-order valence-corrected chi connectivity index (χ2v) is 8.65. The van der Waals surface area contributed by atoms with E-state index in [0.717, 1.165) is 0 Å². The molecule has 9 nitrogen and oxygen atoms in total. The lowest BCUT2D eigenvalue weighted by atomic mass is 10.1. The second-order valence-electron chi connectivity index (χ2n) is 8.24. The van der Waals surface area contributed by atoms with E-state index < -0.39 is 24.2 Å². The van der Waals surface area contributed by atoms with E-state index >= 15 is 0 Å². The number of carboxylic acids is 1. The number of ether oxygens (including phenoxy) is 1. The van der Waals surface area contributed by atoms with Gasteiger partial charge >= 0.3 is 12.1 Å². The van der Waals surface area contributed by atoms with Crippen LogP contribution in [0.5, 0.6) is 0 Å². The predicted molar refractivity (Wildman–Crippen MR) is 128 cm³/mol. The van der Waals surface area contributed by atoms with Crippen molar-refractivity contribution in [3.63, 3.8) is 0 Å². The molecule has 1 fully saturated rings. The molecule has 2 unspecified atom stereocenters. The SMILES string of the molecule is Cc1noc(-c2ccc(C(=O)N3CCCC3C(=O)O)cc2)c1NC(=O)OC(C)c1ccccc1Cl. The summed E-state index contributed by atoms with van der Waals surface area (Å²) in [5.74, 6) is -1.05. The van der Waals surface area contributed by atoms with Crippen molar-refractivity contribution >= 4 is 35.3 Å². The number of benzene rings is 2. The van der Waals surface area contributed by atoms with E-state index in [1.54, 1.807) is 62.4 Å². The van der Waals surface area contributed by atoms with Gasteiger partial charge < -0.3 is 19.3 Å². The smallest absolute Gasteiger partial charge is 0.412 e. The number of carbonyl (C=O) groups is 3. The maximum absolute atomic E-state index is 12.8. The highest BCUT2D eigenvalue weighted by molar-refractivity contribution is 6.31. The average molecular weight is 498 g/mol. The third kappa shape index (κ3) is 5.14. The number of carboxylic acid groups (broad SMARTS) is 1. The zero-order valence-electron chi connectivity index (χ0n) is 19.2. The van der Waals surface area contributed by atoms with Crippen LogP contribution in [0.25, 0.3) is 11.3 Å². The third-order valence-corrected chi connectivity index (χ3v) is 6.25. The van der Waals surface area contributed by atoms with Gasteiger partial charge in [0, 0.05) is 28.3 Å². The molecule has 182 valence electrons. The summed E-state index contributed by atoms with van der Waals surface area (Å²) in [6.45, 7) is 3.80. The number of likely N-dealkylation sites (tertiary alicyclic amines) is 1. The molecule has 0 saturated carbocycles. The Balaban J connectivity index is 1.48. The van der Waals surface area contributed by atoms with Gasteiger partial charge in [-0.2, -0.15) is 0 Å². The lowest BCUT2D eigenvalue weighted by Gasteiger charge is -2.21. The van der Waals surface area contributed by atoms with E-state index in [-0.39, 0.29) is 5.91 Å². The van der Waals surface area contributed by atoms with Crippen LogP contribution >= 0.6 is 11.6 Å². The molecular formula is C25H24ClN3O6. The van der Waals surface area contributed by atoms with Crippen LogP contribution in [0.1, 0.15) is 47.5 Å². The van der Waals surface area contributed by atoms with Gasteiger partial charge in [-0.15, -0.1) is 0 Å². The number of nitrogens with zero attached hydrogens (tertiary/aromatic N) is 2. The number of hydrogen-bond donors (Lipinski definition) is 2. The molecule has 1 aliphatic rings. The molecule has 2 aromatic carbocycles. The van der Waals surface area contributed by atoms with Crippen molar-refractivity contribution in [1.82, 2.24) is 10.1 Å². The highest BCUT2D eigenvalue weighted by Gasteiger charge is 2.34. The van der Waals surface area contributed by atoms with Crippen LogP contribution in [0.2, 0.25) is 5.02 Å². The Morgan fingerprint density at radius 1 is 1.20 bits per heavy atom. The van der Waals surface area contributed by atoms with Crippen LogP contribution in [0.4, 0.5) is 10.5 Å². The standard InChI is InChI=1S/C25H24ClN3O6/c1-14-21(27-25(33)34-15(2)18-6-3-4-7-19(18)26)22(35-28-14)16-9-11-17(12-10-16)23(30)29-13-5-8-20(29)24(31)32/h3-4,6-7,9-12,15,20H,5,8,13H2,1-2H3,(H,27,33)(H,31,32). The molecule has 0 radical (unpaired) electrons. The van der Waals surface area contributed by atoms with E-state index in [1.165, 1.54) is 4.90 Å². The number of nitrogens with one attached hydrogen (secondary N) is 1. The summed E-state index contributed by atoms with van der Waals surface area (Å²) in [5, 5.41) is 16.5. The van der Waals surface area contributed by atoms with Crippen molar-refractivity contribution in [3.8, 4) is 11.3 Å². The first-order valence-corrected chi connectivity index (χ1v) is 11.5. The molecule has 2 atom stereocenters. The van der Waals surface area contributed by atoms with Gasteiger partial charge in [-0.3, -0.25) is 10.1 Å². The van der Waals surface area contributed by atoms with Crippen LogP contribution in [-0.4, -0.2) is 45.7 Å². The van der Waals surface area contributed by atoms with Gasteiger partial charge in [-0.1, -0.05) is 47.1 Å². The predicted octanol–water partition coefficient (Wildman–Crippen LogP) is 5.30. The van der Waals surface area contributed by atoms with Crippen molar-refractivity contribution in [2.45, 2.75) is 38.8 Å². The summed E-state index contributed by atoms with van der Waals surface area (Å²) in [7, 11) is 0. The van der Waals surface area contributed by atoms with Crippen LogP contribution < -0.4 is 5.32 Å². The fourth-order valence-corrected chi connectivity index (χ4v) is 4.36. The Kier molecular flexibility index (Phi) is 7.07. The molecular weight excluding hydrogens is 474 g/mol. The molecule has 4 rings (SSSR count). The van der Waals surface area contributed by atoms with Gasteiger partial charge in [0.2, 0.25) is 0 Å². The quantitative estimate of drug-likeness (QED) is 0.473. The summed E-state index contributed by atoms with van der Waals surface area (Å²) in [5.41, 5.74) is 2.40. The van der Waals surface area contributed by atoms with Gasteiger partial charge in [0.15, 0.2) is 5.76 Å². The number of amides is 2. The van der Waals surface area contributed by atoms with Gasteiger partial charge in [0.1, 0.15) is 23.5 Å². The molecule has 1 aromatic heterocycles. The maximum Gasteiger partial charge on any atom is 0.412 e. The van der Waals surface area contributed by atoms with E-state index in [0.29, 0.717) is 58.2 Å². The van der Waals surface area contributed by atoms with Crippen molar-refractivity contribution < 1.29 is 28.8 Å². The first kappa shape index (κ1) is 24.3. The molecule has 1 aliphatic heterocycles. The molecule has 3 aromatic rings. The van der Waals surface area contributed by atoms with Gasteiger partial charge in [-0.05, 0) is 44.9 Å². The monoisotopic (exact) mass is 497 g/mol. The number of carbonyl (C=O) groups excluding carboxylic acids is 2. The number of aryl methyl sites for hydroxylation is 1. The summed E-state index contributed by atoms with van der Waals surface area (Å²) in [4.78, 5) is 38.2.